The number of hydrogen-bond donors (Lipinski definition) is 0. The molecule has 0 fully saturated rings. The van der Waals surface area contributed by atoms with Crippen LogP contribution >= 0.6 is 0 Å². The average Bonchev–Trinajstić information content (AvgIpc) is 3.15. The van der Waals surface area contributed by atoms with Crippen LogP contribution in [0.5, 0.6) is 0 Å². The largest absolute Gasteiger partial charge is 0.344 e. The maximum absolute atomic E-state index is 12.4. The van der Waals surface area contributed by atoms with Gasteiger partial charge in [-0.15, -0.1) is 0 Å². The van der Waals surface area contributed by atoms with Crippen LogP contribution in [0.1, 0.15) is 29.9 Å². The molecule has 0 radical (unpaired) electrons. The zero-order valence-corrected chi connectivity index (χ0v) is 12.4. The molecule has 0 bridgehead atoms. The van der Waals surface area contributed by atoms with Gasteiger partial charge in [-0.3, -0.25) is 9.48 Å². The van der Waals surface area contributed by atoms with E-state index < -0.39 is 0 Å². The molecule has 1 atom stereocenters. The Labute approximate surface area is 125 Å². The number of carbonyl (C=O) groups excluding carboxylic acids is 1. The number of benzene rings is 1. The Morgan fingerprint density at radius 2 is 2.24 bits per heavy atom. The van der Waals surface area contributed by atoms with Crippen molar-refractivity contribution in [3.8, 4) is 0 Å². The highest BCUT2D eigenvalue weighted by atomic mass is 16.2. The van der Waals surface area contributed by atoms with Crippen LogP contribution in [0.25, 0.3) is 0 Å². The maximum Gasteiger partial charge on any atom is 0.222 e. The van der Waals surface area contributed by atoms with E-state index in [2.05, 4.69) is 29.4 Å². The summed E-state index contributed by atoms with van der Waals surface area (Å²) in [5, 5.41) is 4.16. The lowest BCUT2D eigenvalue weighted by Gasteiger charge is -2.20. The van der Waals surface area contributed by atoms with Crippen LogP contribution < -0.4 is 0 Å². The van der Waals surface area contributed by atoms with Gasteiger partial charge in [-0.2, -0.15) is 5.10 Å². The highest BCUT2D eigenvalue weighted by molar-refractivity contribution is 5.77. The van der Waals surface area contributed by atoms with Gasteiger partial charge < -0.3 is 4.90 Å². The molecular weight excluding hydrogens is 262 g/mol. The fourth-order valence-electron chi connectivity index (χ4n) is 3.03. The van der Waals surface area contributed by atoms with Gasteiger partial charge in [0.25, 0.3) is 0 Å². The van der Waals surface area contributed by atoms with Gasteiger partial charge in [0.05, 0.1) is 6.54 Å². The van der Waals surface area contributed by atoms with Gasteiger partial charge in [0.1, 0.15) is 0 Å². The fourth-order valence-corrected chi connectivity index (χ4v) is 3.03. The molecule has 21 heavy (non-hydrogen) atoms. The van der Waals surface area contributed by atoms with Crippen molar-refractivity contribution in [1.82, 2.24) is 14.7 Å². The Morgan fingerprint density at radius 3 is 3.05 bits per heavy atom. The molecule has 4 heteroatoms. The molecule has 1 aromatic heterocycles. The first-order chi connectivity index (χ1) is 10.2. The average molecular weight is 283 g/mol. The fraction of sp³-hybridized carbons (Fsp3) is 0.412. The van der Waals surface area contributed by atoms with Crippen LogP contribution in [0.2, 0.25) is 0 Å². The van der Waals surface area contributed by atoms with Crippen LogP contribution in [-0.2, 0) is 17.8 Å². The summed E-state index contributed by atoms with van der Waals surface area (Å²) >= 11 is 0. The summed E-state index contributed by atoms with van der Waals surface area (Å²) in [5.41, 5.74) is 2.78. The van der Waals surface area contributed by atoms with E-state index in [9.17, 15) is 4.79 Å². The highest BCUT2D eigenvalue weighted by Gasteiger charge is 2.25. The minimum atomic E-state index is 0.226. The molecule has 110 valence electrons. The van der Waals surface area contributed by atoms with Crippen molar-refractivity contribution >= 4 is 5.91 Å². The number of aromatic nitrogens is 2. The topological polar surface area (TPSA) is 38.1 Å². The summed E-state index contributed by atoms with van der Waals surface area (Å²) in [6.07, 6.45) is 6.50. The lowest BCUT2D eigenvalue weighted by molar-refractivity contribution is -0.130. The first-order valence-corrected chi connectivity index (χ1v) is 7.53. The predicted octanol–water partition coefficient (Wildman–Crippen LogP) is 2.46. The monoisotopic (exact) mass is 283 g/mol. The van der Waals surface area contributed by atoms with E-state index in [0.717, 1.165) is 19.4 Å². The number of aryl methyl sites for hydroxylation is 1. The predicted molar refractivity (Wildman–Crippen MR) is 82.0 cm³/mol. The summed E-state index contributed by atoms with van der Waals surface area (Å²) in [6.45, 7) is 1.45. The summed E-state index contributed by atoms with van der Waals surface area (Å²) in [7, 11) is 1.88. The molecule has 3 rings (SSSR count). The molecule has 1 aliphatic carbocycles. The van der Waals surface area contributed by atoms with Gasteiger partial charge >= 0.3 is 0 Å². The zero-order valence-electron chi connectivity index (χ0n) is 12.4. The van der Waals surface area contributed by atoms with Crippen LogP contribution in [0.15, 0.2) is 42.7 Å². The number of likely N-dealkylation sites (N-methyl/N-ethyl adjacent to an activating group) is 1. The summed E-state index contributed by atoms with van der Waals surface area (Å²) in [4.78, 5) is 14.2. The molecular formula is C17H21N3O. The molecule has 0 aliphatic heterocycles. The van der Waals surface area contributed by atoms with Crippen molar-refractivity contribution < 1.29 is 4.79 Å². The van der Waals surface area contributed by atoms with Crippen molar-refractivity contribution in [1.29, 1.82) is 0 Å². The number of rotatable bonds is 5. The third-order valence-electron chi connectivity index (χ3n) is 4.33. The van der Waals surface area contributed by atoms with Gasteiger partial charge in [0, 0.05) is 32.4 Å². The van der Waals surface area contributed by atoms with E-state index in [1.54, 1.807) is 6.20 Å². The van der Waals surface area contributed by atoms with Gasteiger partial charge in [0.15, 0.2) is 0 Å². The van der Waals surface area contributed by atoms with Crippen molar-refractivity contribution in [2.75, 3.05) is 13.6 Å². The van der Waals surface area contributed by atoms with E-state index in [0.29, 0.717) is 18.9 Å². The number of amides is 1. The van der Waals surface area contributed by atoms with E-state index in [1.807, 2.05) is 28.9 Å². The molecule has 0 N–H and O–H groups in total. The molecule has 0 saturated heterocycles. The Hall–Kier alpha value is -2.10. The Balaban J connectivity index is 1.54. The van der Waals surface area contributed by atoms with Crippen LogP contribution in [0, 0.1) is 0 Å². The normalized spacial score (nSPS) is 16.7. The van der Waals surface area contributed by atoms with Crippen molar-refractivity contribution in [3.05, 3.63) is 53.9 Å². The van der Waals surface area contributed by atoms with E-state index >= 15 is 0 Å². The molecule has 2 aromatic rings. The maximum atomic E-state index is 12.4. The number of fused-ring (bicyclic) bond motifs is 1. The third kappa shape index (κ3) is 3.15. The number of nitrogens with zero attached hydrogens (tertiary/aromatic N) is 3. The van der Waals surface area contributed by atoms with Crippen molar-refractivity contribution in [3.63, 3.8) is 0 Å². The summed E-state index contributed by atoms with van der Waals surface area (Å²) in [5.74, 6) is 0.615. The van der Waals surface area contributed by atoms with Crippen LogP contribution in [-0.4, -0.2) is 34.2 Å². The smallest absolute Gasteiger partial charge is 0.222 e. The SMILES string of the molecule is CN(CCn1cccn1)C(=O)C[C@@H]1CCc2ccccc21. The second kappa shape index (κ2) is 6.12. The molecule has 1 amide bonds. The molecule has 1 aliphatic rings. The second-order valence-electron chi connectivity index (χ2n) is 5.72. The van der Waals surface area contributed by atoms with E-state index in [1.165, 1.54) is 11.1 Å². The van der Waals surface area contributed by atoms with E-state index in [4.69, 9.17) is 0 Å². The minimum Gasteiger partial charge on any atom is -0.344 e. The van der Waals surface area contributed by atoms with Gasteiger partial charge in [0.2, 0.25) is 5.91 Å². The third-order valence-corrected chi connectivity index (χ3v) is 4.33. The lowest BCUT2D eigenvalue weighted by Crippen LogP contribution is -2.31. The Morgan fingerprint density at radius 1 is 1.38 bits per heavy atom. The Kier molecular flexibility index (Phi) is 4.04. The molecule has 0 unspecified atom stereocenters. The van der Waals surface area contributed by atoms with Crippen molar-refractivity contribution in [2.24, 2.45) is 0 Å². The summed E-state index contributed by atoms with van der Waals surface area (Å²) < 4.78 is 1.86. The van der Waals surface area contributed by atoms with Crippen LogP contribution in [0.4, 0.5) is 0 Å². The Bertz CT molecular complexity index is 606. The molecule has 4 nitrogen and oxygen atoms in total. The standard InChI is InChI=1S/C17H21N3O/c1-19(11-12-20-10-4-9-18-20)17(21)13-15-8-7-14-5-2-3-6-16(14)15/h2-6,9-10,15H,7-8,11-13H2,1H3/t15-/m0/s1. The highest BCUT2D eigenvalue weighted by Crippen LogP contribution is 2.35. The first kappa shape index (κ1) is 13.9. The lowest BCUT2D eigenvalue weighted by atomic mass is 9.97. The number of carbonyl (C=O) groups is 1. The van der Waals surface area contributed by atoms with Crippen molar-refractivity contribution in [2.45, 2.75) is 31.7 Å². The molecule has 0 spiro atoms. The minimum absolute atomic E-state index is 0.226. The molecule has 1 aromatic carbocycles. The molecule has 1 heterocycles. The first-order valence-electron chi connectivity index (χ1n) is 7.53. The molecule has 0 saturated carbocycles. The zero-order chi connectivity index (χ0) is 14.7. The van der Waals surface area contributed by atoms with Gasteiger partial charge in [-0.05, 0) is 36.0 Å². The summed E-state index contributed by atoms with van der Waals surface area (Å²) in [6, 6.07) is 10.4. The quantitative estimate of drug-likeness (QED) is 0.845. The number of hydrogen-bond acceptors (Lipinski definition) is 2. The second-order valence-corrected chi connectivity index (χ2v) is 5.72. The van der Waals surface area contributed by atoms with Gasteiger partial charge in [-0.25, -0.2) is 0 Å². The van der Waals surface area contributed by atoms with Crippen LogP contribution in [0.3, 0.4) is 0 Å². The van der Waals surface area contributed by atoms with E-state index in [-0.39, 0.29) is 5.91 Å². The van der Waals surface area contributed by atoms with Gasteiger partial charge in [-0.1, -0.05) is 24.3 Å².